The van der Waals surface area contributed by atoms with Gasteiger partial charge in [-0.15, -0.1) is 0 Å². The summed E-state index contributed by atoms with van der Waals surface area (Å²) in [7, 11) is 0. The molecule has 0 saturated carbocycles. The highest BCUT2D eigenvalue weighted by Crippen LogP contribution is 2.31. The van der Waals surface area contributed by atoms with Gasteiger partial charge in [0, 0.05) is 10.5 Å². The normalized spacial score (nSPS) is 18.3. The van der Waals surface area contributed by atoms with Gasteiger partial charge in [-0.2, -0.15) is 0 Å². The Morgan fingerprint density at radius 2 is 2.00 bits per heavy atom. The molecule has 3 nitrogen and oxygen atoms in total. The molecule has 21 heavy (non-hydrogen) atoms. The highest BCUT2D eigenvalue weighted by Gasteiger charge is 2.27. The minimum atomic E-state index is -0.345. The van der Waals surface area contributed by atoms with Crippen molar-refractivity contribution in [1.82, 2.24) is 0 Å². The highest BCUT2D eigenvalue weighted by molar-refractivity contribution is 9.10. The second-order valence-corrected chi connectivity index (χ2v) is 5.93. The molecule has 0 radical (unpaired) electrons. The number of fused-ring (bicyclic) bond motifs is 1. The van der Waals surface area contributed by atoms with Gasteiger partial charge in [0.25, 0.3) is 0 Å². The van der Waals surface area contributed by atoms with Crippen molar-refractivity contribution in [3.05, 3.63) is 58.3 Å². The Morgan fingerprint density at radius 1 is 1.24 bits per heavy atom. The summed E-state index contributed by atoms with van der Waals surface area (Å²) < 4.78 is 26.1. The second-order valence-electron chi connectivity index (χ2n) is 5.02. The molecule has 0 amide bonds. The highest BCUT2D eigenvalue weighted by atomic mass is 79.9. The first kappa shape index (κ1) is 14.4. The van der Waals surface area contributed by atoms with Crippen molar-refractivity contribution in [1.29, 1.82) is 0 Å². The van der Waals surface area contributed by atoms with Gasteiger partial charge < -0.3 is 15.2 Å². The Kier molecular flexibility index (Phi) is 4.12. The lowest BCUT2D eigenvalue weighted by Gasteiger charge is -2.30. The molecule has 0 bridgehead atoms. The molecule has 110 valence electrons. The molecule has 2 atom stereocenters. The average Bonchev–Trinajstić information content (AvgIpc) is 2.50. The Balaban J connectivity index is 1.72. The van der Waals surface area contributed by atoms with Crippen LogP contribution in [0.4, 0.5) is 4.39 Å². The molecule has 2 aromatic carbocycles. The number of hydrogen-bond donors (Lipinski definition) is 1. The van der Waals surface area contributed by atoms with Gasteiger partial charge in [0.05, 0.1) is 0 Å². The molecule has 0 aromatic heterocycles. The van der Waals surface area contributed by atoms with E-state index in [0.717, 1.165) is 10.2 Å². The number of rotatable bonds is 3. The van der Waals surface area contributed by atoms with Crippen molar-refractivity contribution in [3.8, 4) is 11.5 Å². The number of para-hydroxylation sites is 2. The average molecular weight is 352 g/mol. The van der Waals surface area contributed by atoms with Crippen LogP contribution in [0.1, 0.15) is 5.56 Å². The van der Waals surface area contributed by atoms with Gasteiger partial charge in [0.15, 0.2) is 11.5 Å². The molecule has 0 fully saturated rings. The summed E-state index contributed by atoms with van der Waals surface area (Å²) in [5, 5.41) is 0. The minimum Gasteiger partial charge on any atom is -0.486 e. The Bertz CT molecular complexity index is 650. The molecule has 0 saturated heterocycles. The molecule has 1 heterocycles. The van der Waals surface area contributed by atoms with E-state index >= 15 is 0 Å². The van der Waals surface area contributed by atoms with Crippen LogP contribution in [0.15, 0.2) is 46.9 Å². The maximum atomic E-state index is 13.8. The summed E-state index contributed by atoms with van der Waals surface area (Å²) in [6.45, 7) is 0.369. The van der Waals surface area contributed by atoms with E-state index in [0.29, 0.717) is 24.3 Å². The lowest BCUT2D eigenvalue weighted by molar-refractivity contribution is 0.0721. The van der Waals surface area contributed by atoms with Crippen LogP contribution in [0.5, 0.6) is 11.5 Å². The zero-order chi connectivity index (χ0) is 14.8. The maximum Gasteiger partial charge on any atom is 0.161 e. The smallest absolute Gasteiger partial charge is 0.161 e. The Hall–Kier alpha value is -1.59. The fraction of sp³-hybridized carbons (Fsp3) is 0.250. The number of nitrogens with two attached hydrogens (primary N) is 1. The van der Waals surface area contributed by atoms with Crippen LogP contribution in [-0.4, -0.2) is 18.8 Å². The van der Waals surface area contributed by atoms with Gasteiger partial charge in [0.2, 0.25) is 0 Å². The van der Waals surface area contributed by atoms with Crippen molar-refractivity contribution in [2.45, 2.75) is 18.6 Å². The topological polar surface area (TPSA) is 44.5 Å². The maximum absolute atomic E-state index is 13.8. The van der Waals surface area contributed by atoms with Crippen LogP contribution < -0.4 is 15.2 Å². The summed E-state index contributed by atoms with van der Waals surface area (Å²) in [5.41, 5.74) is 6.74. The number of hydrogen-bond acceptors (Lipinski definition) is 3. The molecule has 2 unspecified atom stereocenters. The van der Waals surface area contributed by atoms with Gasteiger partial charge in [0.1, 0.15) is 18.5 Å². The quantitative estimate of drug-likeness (QED) is 0.922. The van der Waals surface area contributed by atoms with Crippen LogP contribution in [0.25, 0.3) is 0 Å². The first-order valence-corrected chi connectivity index (χ1v) is 7.51. The largest absolute Gasteiger partial charge is 0.486 e. The van der Waals surface area contributed by atoms with Crippen molar-refractivity contribution in [2.75, 3.05) is 6.61 Å². The summed E-state index contributed by atoms with van der Waals surface area (Å²) in [6, 6.07) is 12.0. The first-order chi connectivity index (χ1) is 10.1. The summed E-state index contributed by atoms with van der Waals surface area (Å²) in [4.78, 5) is 0. The molecule has 5 heteroatoms. The van der Waals surface area contributed by atoms with E-state index in [1.807, 2.05) is 24.3 Å². The fourth-order valence-electron chi connectivity index (χ4n) is 2.33. The SMILES string of the molecule is NC(Cc1cc(Br)ccc1F)C1COc2ccccc2O1. The van der Waals surface area contributed by atoms with Crippen LogP contribution in [0.2, 0.25) is 0 Å². The van der Waals surface area contributed by atoms with Crippen LogP contribution in [0, 0.1) is 5.82 Å². The summed E-state index contributed by atoms with van der Waals surface area (Å²) in [6.07, 6.45) is 0.0971. The van der Waals surface area contributed by atoms with Gasteiger partial charge in [-0.1, -0.05) is 28.1 Å². The molecule has 3 rings (SSSR count). The molecule has 0 aliphatic carbocycles. The first-order valence-electron chi connectivity index (χ1n) is 6.71. The monoisotopic (exact) mass is 351 g/mol. The minimum absolute atomic E-state index is 0.259. The van der Waals surface area contributed by atoms with E-state index in [1.54, 1.807) is 12.1 Å². The predicted octanol–water partition coefficient (Wildman–Crippen LogP) is 3.30. The molecule has 2 N–H and O–H groups in total. The summed E-state index contributed by atoms with van der Waals surface area (Å²) >= 11 is 3.34. The molecule has 1 aliphatic heterocycles. The number of ether oxygens (including phenoxy) is 2. The van der Waals surface area contributed by atoms with Gasteiger partial charge in [-0.05, 0) is 42.3 Å². The molecule has 0 spiro atoms. The Morgan fingerprint density at radius 3 is 2.81 bits per heavy atom. The Labute approximate surface area is 131 Å². The molecular formula is C16H15BrFNO2. The summed E-state index contributed by atoms with van der Waals surface area (Å²) in [5.74, 6) is 1.14. The molecule has 1 aliphatic rings. The van der Waals surface area contributed by atoms with E-state index in [-0.39, 0.29) is 18.0 Å². The van der Waals surface area contributed by atoms with E-state index in [1.165, 1.54) is 6.07 Å². The third kappa shape index (κ3) is 3.19. The zero-order valence-electron chi connectivity index (χ0n) is 11.3. The van der Waals surface area contributed by atoms with Crippen LogP contribution >= 0.6 is 15.9 Å². The standard InChI is InChI=1S/C16H15BrFNO2/c17-11-5-6-12(18)10(7-11)8-13(19)16-9-20-14-3-1-2-4-15(14)21-16/h1-7,13,16H,8-9,19H2. The van der Waals surface area contributed by atoms with E-state index < -0.39 is 0 Å². The van der Waals surface area contributed by atoms with Gasteiger partial charge >= 0.3 is 0 Å². The van der Waals surface area contributed by atoms with Gasteiger partial charge in [-0.3, -0.25) is 0 Å². The van der Waals surface area contributed by atoms with Crippen LogP contribution in [0.3, 0.4) is 0 Å². The lowest BCUT2D eigenvalue weighted by Crippen LogP contribution is -2.46. The molecule has 2 aromatic rings. The second kappa shape index (κ2) is 6.03. The third-order valence-corrected chi connectivity index (χ3v) is 3.96. The van der Waals surface area contributed by atoms with Crippen molar-refractivity contribution < 1.29 is 13.9 Å². The van der Waals surface area contributed by atoms with Crippen molar-refractivity contribution in [2.24, 2.45) is 5.73 Å². The third-order valence-electron chi connectivity index (χ3n) is 3.47. The zero-order valence-corrected chi connectivity index (χ0v) is 12.8. The van der Waals surface area contributed by atoms with E-state index in [2.05, 4.69) is 15.9 Å². The van der Waals surface area contributed by atoms with Crippen LogP contribution in [-0.2, 0) is 6.42 Å². The van der Waals surface area contributed by atoms with Gasteiger partial charge in [-0.25, -0.2) is 4.39 Å². The molecular weight excluding hydrogens is 337 g/mol. The number of benzene rings is 2. The predicted molar refractivity (Wildman–Crippen MR) is 82.1 cm³/mol. The van der Waals surface area contributed by atoms with Crippen molar-refractivity contribution >= 4 is 15.9 Å². The fourth-order valence-corrected chi connectivity index (χ4v) is 2.74. The van der Waals surface area contributed by atoms with E-state index in [4.69, 9.17) is 15.2 Å². The van der Waals surface area contributed by atoms with E-state index in [9.17, 15) is 4.39 Å². The lowest BCUT2D eigenvalue weighted by atomic mass is 10.0. The number of halogens is 2. The van der Waals surface area contributed by atoms with Crippen molar-refractivity contribution in [3.63, 3.8) is 0 Å².